The Morgan fingerprint density at radius 1 is 1.11 bits per heavy atom. The lowest BCUT2D eigenvalue weighted by Crippen LogP contribution is -2.31. The number of carbonyl (C=O) groups is 1. The first-order chi connectivity index (χ1) is 13.1. The first kappa shape index (κ1) is 20.5. The summed E-state index contributed by atoms with van der Waals surface area (Å²) >= 11 is 17.7. The Kier molecular flexibility index (Phi) is 5.62. The van der Waals surface area contributed by atoms with Gasteiger partial charge in [0.25, 0.3) is 15.9 Å². The topological polar surface area (TPSA) is 93.9 Å². The van der Waals surface area contributed by atoms with Gasteiger partial charge in [0.15, 0.2) is 5.69 Å². The summed E-state index contributed by atoms with van der Waals surface area (Å²) in [6, 6.07) is 7.40. The monoisotopic (exact) mass is 462 g/mol. The van der Waals surface area contributed by atoms with E-state index in [1.165, 1.54) is 29.8 Å². The Balaban J connectivity index is 1.94. The highest BCUT2D eigenvalue weighted by Gasteiger charge is 2.26. The fourth-order valence-corrected chi connectivity index (χ4v) is 4.29. The number of sulfonamides is 1. The van der Waals surface area contributed by atoms with Crippen molar-refractivity contribution < 1.29 is 17.6 Å². The van der Waals surface area contributed by atoms with Crippen LogP contribution >= 0.6 is 34.8 Å². The zero-order valence-corrected chi connectivity index (χ0v) is 17.0. The molecular formula is C16H10Cl3FN4O3S. The van der Waals surface area contributed by atoms with Crippen LogP contribution in [0.4, 0.5) is 4.39 Å². The molecule has 1 heterocycles. The number of nitrogens with one attached hydrogen (secondary N) is 1. The standard InChI is InChI=1S/C16H10Cl3FN4O3S/c1-8-15(21-23-24(8)13-5-3-10(20)7-12(13)19)16(25)22-28(26,27)14-6-9(17)2-4-11(14)18/h2-7H,1H3,(H,22,25). The normalized spacial score (nSPS) is 11.5. The van der Waals surface area contributed by atoms with Gasteiger partial charge in [-0.1, -0.05) is 40.0 Å². The summed E-state index contributed by atoms with van der Waals surface area (Å²) in [5, 5.41) is 7.55. The van der Waals surface area contributed by atoms with E-state index in [2.05, 4.69) is 10.3 Å². The highest BCUT2D eigenvalue weighted by molar-refractivity contribution is 7.90. The highest BCUT2D eigenvalue weighted by Crippen LogP contribution is 2.26. The summed E-state index contributed by atoms with van der Waals surface area (Å²) in [5.41, 5.74) is 0.202. The van der Waals surface area contributed by atoms with Crippen LogP contribution in [0, 0.1) is 12.7 Å². The lowest BCUT2D eigenvalue weighted by Gasteiger charge is -2.09. The van der Waals surface area contributed by atoms with Crippen molar-refractivity contribution in [2.24, 2.45) is 0 Å². The lowest BCUT2D eigenvalue weighted by molar-refractivity contribution is 0.0976. The summed E-state index contributed by atoms with van der Waals surface area (Å²) in [4.78, 5) is 12.1. The molecule has 12 heteroatoms. The van der Waals surface area contributed by atoms with Gasteiger partial charge in [-0.05, 0) is 43.3 Å². The molecule has 2 aromatic carbocycles. The molecule has 0 saturated carbocycles. The quantitative estimate of drug-likeness (QED) is 0.635. The third kappa shape index (κ3) is 3.97. The van der Waals surface area contributed by atoms with Crippen molar-refractivity contribution in [1.29, 1.82) is 0 Å². The van der Waals surface area contributed by atoms with Crippen molar-refractivity contribution >= 4 is 50.7 Å². The van der Waals surface area contributed by atoms with Gasteiger partial charge in [-0.15, -0.1) is 5.10 Å². The van der Waals surface area contributed by atoms with Crippen LogP contribution in [0.15, 0.2) is 41.3 Å². The van der Waals surface area contributed by atoms with Crippen molar-refractivity contribution in [2.45, 2.75) is 11.8 Å². The maximum Gasteiger partial charge on any atom is 0.287 e. The number of aromatic nitrogens is 3. The largest absolute Gasteiger partial charge is 0.287 e. The summed E-state index contributed by atoms with van der Waals surface area (Å²) < 4.78 is 41.2. The number of nitrogens with zero attached hydrogens (tertiary/aromatic N) is 3. The number of hydrogen-bond acceptors (Lipinski definition) is 5. The molecule has 1 N–H and O–H groups in total. The highest BCUT2D eigenvalue weighted by atomic mass is 35.5. The Morgan fingerprint density at radius 2 is 1.82 bits per heavy atom. The van der Waals surface area contributed by atoms with Crippen molar-refractivity contribution in [3.05, 3.63) is 68.7 Å². The molecule has 3 aromatic rings. The van der Waals surface area contributed by atoms with Gasteiger partial charge in [0.1, 0.15) is 10.7 Å². The summed E-state index contributed by atoms with van der Waals surface area (Å²) in [6.45, 7) is 1.48. The molecule has 0 radical (unpaired) electrons. The SMILES string of the molecule is Cc1c(C(=O)NS(=O)(=O)c2cc(Cl)ccc2Cl)nnn1-c1ccc(F)cc1Cl. The fraction of sp³-hybridized carbons (Fsp3) is 0.0625. The molecule has 0 unspecified atom stereocenters. The van der Waals surface area contributed by atoms with Crippen molar-refractivity contribution in [1.82, 2.24) is 19.7 Å². The average Bonchev–Trinajstić information content (AvgIpc) is 2.98. The third-order valence-corrected chi connectivity index (χ3v) is 6.01. The van der Waals surface area contributed by atoms with E-state index < -0.39 is 21.7 Å². The van der Waals surface area contributed by atoms with Crippen LogP contribution in [-0.4, -0.2) is 29.3 Å². The number of amides is 1. The van der Waals surface area contributed by atoms with Gasteiger partial charge in [-0.3, -0.25) is 4.79 Å². The molecular weight excluding hydrogens is 454 g/mol. The van der Waals surface area contributed by atoms with E-state index in [0.717, 1.165) is 18.2 Å². The van der Waals surface area contributed by atoms with Crippen LogP contribution in [-0.2, 0) is 10.0 Å². The second kappa shape index (κ2) is 7.67. The van der Waals surface area contributed by atoms with E-state index in [9.17, 15) is 17.6 Å². The van der Waals surface area contributed by atoms with Crippen molar-refractivity contribution in [2.75, 3.05) is 0 Å². The zero-order chi connectivity index (χ0) is 20.6. The first-order valence-electron chi connectivity index (χ1n) is 7.50. The second-order valence-corrected chi connectivity index (χ2v) is 8.44. The minimum atomic E-state index is -4.32. The summed E-state index contributed by atoms with van der Waals surface area (Å²) in [5.74, 6) is -1.58. The molecule has 1 amide bonds. The van der Waals surface area contributed by atoms with E-state index in [0.29, 0.717) is 0 Å². The zero-order valence-electron chi connectivity index (χ0n) is 14.0. The third-order valence-electron chi connectivity index (χ3n) is 3.66. The number of carbonyl (C=O) groups excluding carboxylic acids is 1. The van der Waals surface area contributed by atoms with E-state index >= 15 is 0 Å². The number of halogens is 4. The molecule has 1 aromatic heterocycles. The van der Waals surface area contributed by atoms with Gasteiger partial charge in [0.05, 0.1) is 21.4 Å². The minimum absolute atomic E-state index is 0.0401. The molecule has 0 spiro atoms. The molecule has 3 rings (SSSR count). The van der Waals surface area contributed by atoms with Crippen molar-refractivity contribution in [3.8, 4) is 5.69 Å². The molecule has 0 atom stereocenters. The van der Waals surface area contributed by atoms with Crippen LogP contribution in [0.25, 0.3) is 5.69 Å². The Morgan fingerprint density at radius 3 is 2.50 bits per heavy atom. The number of benzene rings is 2. The molecule has 7 nitrogen and oxygen atoms in total. The minimum Gasteiger partial charge on any atom is -0.266 e. The van der Waals surface area contributed by atoms with E-state index in [-0.39, 0.29) is 37.0 Å². The number of rotatable bonds is 4. The van der Waals surface area contributed by atoms with Crippen LogP contribution in [0.1, 0.15) is 16.2 Å². The molecule has 0 aliphatic rings. The number of hydrogen-bond donors (Lipinski definition) is 1. The van der Waals surface area contributed by atoms with Gasteiger partial charge in [-0.25, -0.2) is 22.2 Å². The second-order valence-electron chi connectivity index (χ2n) is 5.54. The average molecular weight is 464 g/mol. The van der Waals surface area contributed by atoms with E-state index in [1.807, 2.05) is 4.72 Å². The molecule has 28 heavy (non-hydrogen) atoms. The molecule has 0 aliphatic carbocycles. The maximum atomic E-state index is 13.2. The first-order valence-corrected chi connectivity index (χ1v) is 10.1. The molecule has 0 saturated heterocycles. The molecule has 0 aliphatic heterocycles. The van der Waals surface area contributed by atoms with Gasteiger partial charge < -0.3 is 0 Å². The Labute approximate surface area is 174 Å². The lowest BCUT2D eigenvalue weighted by atomic mass is 10.3. The maximum absolute atomic E-state index is 13.2. The predicted molar refractivity (Wildman–Crippen MR) is 102 cm³/mol. The summed E-state index contributed by atoms with van der Waals surface area (Å²) in [6.07, 6.45) is 0. The van der Waals surface area contributed by atoms with Gasteiger partial charge in [-0.2, -0.15) is 0 Å². The molecule has 0 bridgehead atoms. The van der Waals surface area contributed by atoms with E-state index in [4.69, 9.17) is 34.8 Å². The summed E-state index contributed by atoms with van der Waals surface area (Å²) in [7, 11) is -4.32. The molecule has 146 valence electrons. The van der Waals surface area contributed by atoms with Crippen LogP contribution < -0.4 is 4.72 Å². The van der Waals surface area contributed by atoms with Crippen LogP contribution in [0.2, 0.25) is 15.1 Å². The van der Waals surface area contributed by atoms with E-state index in [1.54, 1.807) is 0 Å². The van der Waals surface area contributed by atoms with Crippen LogP contribution in [0.3, 0.4) is 0 Å². The fourth-order valence-electron chi connectivity index (χ4n) is 2.33. The van der Waals surface area contributed by atoms with Crippen molar-refractivity contribution in [3.63, 3.8) is 0 Å². The van der Waals surface area contributed by atoms with Gasteiger partial charge >= 0.3 is 0 Å². The Bertz CT molecular complexity index is 1200. The predicted octanol–water partition coefficient (Wildman–Crippen LogP) is 3.79. The van der Waals surface area contributed by atoms with Gasteiger partial charge in [0, 0.05) is 5.02 Å². The van der Waals surface area contributed by atoms with Crippen LogP contribution in [0.5, 0.6) is 0 Å². The Hall–Kier alpha value is -2.20. The molecule has 0 fully saturated rings. The van der Waals surface area contributed by atoms with Gasteiger partial charge in [0.2, 0.25) is 0 Å². The smallest absolute Gasteiger partial charge is 0.266 e.